The zero-order chi connectivity index (χ0) is 20.6. The third kappa shape index (κ3) is 4.03. The van der Waals surface area contributed by atoms with Crippen LogP contribution in [0.3, 0.4) is 0 Å². The largest absolute Gasteiger partial charge is 0.322 e. The molecule has 12 heteroatoms. The van der Waals surface area contributed by atoms with Crippen LogP contribution in [0, 0.1) is 17.0 Å². The van der Waals surface area contributed by atoms with Gasteiger partial charge in [-0.05, 0) is 40.5 Å². The molecule has 1 N–H and O–H groups in total. The fourth-order valence-electron chi connectivity index (χ4n) is 2.67. The molecule has 0 aliphatic rings. The van der Waals surface area contributed by atoms with Gasteiger partial charge in [-0.25, -0.2) is 0 Å². The monoisotopic (exact) mass is 486 g/mol. The third-order valence-corrected chi connectivity index (χ3v) is 5.19. The zero-order valence-corrected chi connectivity index (χ0v) is 17.7. The number of hydrogen-bond donors (Lipinski definition) is 1. The van der Waals surface area contributed by atoms with E-state index in [2.05, 4.69) is 31.4 Å². The van der Waals surface area contributed by atoms with Crippen molar-refractivity contribution in [3.63, 3.8) is 0 Å². The van der Waals surface area contributed by atoms with Crippen LogP contribution in [-0.2, 0) is 13.6 Å². The number of benzene rings is 1. The van der Waals surface area contributed by atoms with Crippen molar-refractivity contribution in [2.45, 2.75) is 13.5 Å². The lowest BCUT2D eigenvalue weighted by Crippen LogP contribution is -2.18. The van der Waals surface area contributed by atoms with Crippen LogP contribution in [0.5, 0.6) is 0 Å². The van der Waals surface area contributed by atoms with E-state index in [0.29, 0.717) is 21.1 Å². The van der Waals surface area contributed by atoms with Crippen LogP contribution in [0.2, 0.25) is 10.0 Å². The molecule has 2 aromatic heterocycles. The molecule has 0 atom stereocenters. The molecule has 146 valence electrons. The maximum atomic E-state index is 12.6. The lowest BCUT2D eigenvalue weighted by atomic mass is 10.2. The van der Waals surface area contributed by atoms with Crippen molar-refractivity contribution in [3.8, 4) is 0 Å². The predicted molar refractivity (Wildman–Crippen MR) is 108 cm³/mol. The van der Waals surface area contributed by atoms with Crippen LogP contribution in [0.1, 0.15) is 21.7 Å². The lowest BCUT2D eigenvalue weighted by molar-refractivity contribution is -0.385. The third-order valence-electron chi connectivity index (χ3n) is 3.87. The summed E-state index contributed by atoms with van der Waals surface area (Å²) < 4.78 is 3.27. The van der Waals surface area contributed by atoms with Gasteiger partial charge in [0.25, 0.3) is 5.91 Å². The number of amides is 1. The van der Waals surface area contributed by atoms with Crippen molar-refractivity contribution in [1.29, 1.82) is 0 Å². The van der Waals surface area contributed by atoms with Crippen LogP contribution in [0.15, 0.2) is 28.9 Å². The molecule has 0 bridgehead atoms. The highest BCUT2D eigenvalue weighted by molar-refractivity contribution is 9.10. The molecular formula is C16H13BrCl2N6O3. The summed E-state index contributed by atoms with van der Waals surface area (Å²) in [5.74, 6) is -0.464. The molecule has 28 heavy (non-hydrogen) atoms. The van der Waals surface area contributed by atoms with E-state index in [1.165, 1.54) is 18.7 Å². The Hall–Kier alpha value is -2.43. The Labute approximate surface area is 177 Å². The first-order chi connectivity index (χ1) is 13.2. The number of hydrogen-bond acceptors (Lipinski definition) is 5. The van der Waals surface area contributed by atoms with Gasteiger partial charge in [-0.1, -0.05) is 29.3 Å². The molecule has 0 unspecified atom stereocenters. The van der Waals surface area contributed by atoms with Gasteiger partial charge in [0.2, 0.25) is 5.69 Å². The van der Waals surface area contributed by atoms with Crippen LogP contribution in [0.4, 0.5) is 11.5 Å². The highest BCUT2D eigenvalue weighted by Gasteiger charge is 2.30. The van der Waals surface area contributed by atoms with E-state index in [1.54, 1.807) is 23.0 Å². The number of nitro groups is 1. The summed E-state index contributed by atoms with van der Waals surface area (Å²) >= 11 is 15.3. The van der Waals surface area contributed by atoms with Gasteiger partial charge >= 0.3 is 5.69 Å². The number of nitrogens with one attached hydrogen (secondary N) is 1. The molecule has 3 aromatic rings. The summed E-state index contributed by atoms with van der Waals surface area (Å²) in [7, 11) is 1.47. The van der Waals surface area contributed by atoms with Crippen LogP contribution >= 0.6 is 39.1 Å². The van der Waals surface area contributed by atoms with Gasteiger partial charge in [0, 0.05) is 13.2 Å². The van der Waals surface area contributed by atoms with Crippen molar-refractivity contribution in [2.75, 3.05) is 5.32 Å². The van der Waals surface area contributed by atoms with Crippen LogP contribution in [-0.4, -0.2) is 30.4 Å². The Morgan fingerprint density at radius 2 is 2.04 bits per heavy atom. The van der Waals surface area contributed by atoms with E-state index in [-0.39, 0.29) is 22.9 Å². The molecule has 9 nitrogen and oxygen atoms in total. The normalized spacial score (nSPS) is 10.9. The molecule has 1 aromatic carbocycles. The molecule has 1 amide bonds. The first-order valence-electron chi connectivity index (χ1n) is 7.83. The standard InChI is InChI=1S/C16H13BrCl2N6O3/c1-8-13(25(27)28)14(23(2)21-8)16(26)20-15-10(17)7-24(22-15)6-9-3-4-11(18)12(19)5-9/h3-5,7H,6H2,1-2H3,(H,20,22,26). The molecule has 0 radical (unpaired) electrons. The Morgan fingerprint density at radius 1 is 1.32 bits per heavy atom. The first kappa shape index (κ1) is 20.3. The Bertz CT molecular complexity index is 1090. The molecule has 0 fully saturated rings. The SMILES string of the molecule is Cc1nn(C)c(C(=O)Nc2nn(Cc3ccc(Cl)c(Cl)c3)cc2Br)c1[N+](=O)[O-]. The second-order valence-corrected chi connectivity index (χ2v) is 7.56. The number of nitrogens with zero attached hydrogens (tertiary/aromatic N) is 5. The average molecular weight is 488 g/mol. The number of aryl methyl sites for hydroxylation is 2. The summed E-state index contributed by atoms with van der Waals surface area (Å²) in [5, 5.41) is 23.0. The summed E-state index contributed by atoms with van der Waals surface area (Å²) in [6.07, 6.45) is 1.67. The fourth-order valence-corrected chi connectivity index (χ4v) is 3.41. The van der Waals surface area contributed by atoms with Gasteiger partial charge in [0.1, 0.15) is 5.69 Å². The topological polar surface area (TPSA) is 108 Å². The van der Waals surface area contributed by atoms with E-state index in [0.717, 1.165) is 5.56 Å². The van der Waals surface area contributed by atoms with Gasteiger partial charge in [-0.15, -0.1) is 0 Å². The zero-order valence-electron chi connectivity index (χ0n) is 14.6. The van der Waals surface area contributed by atoms with Crippen LogP contribution < -0.4 is 5.32 Å². The van der Waals surface area contributed by atoms with Gasteiger partial charge in [0.15, 0.2) is 5.82 Å². The number of halogens is 3. The second-order valence-electron chi connectivity index (χ2n) is 5.89. The minimum absolute atomic E-state index is 0.155. The Morgan fingerprint density at radius 3 is 2.68 bits per heavy atom. The smallest absolute Gasteiger partial charge is 0.303 e. The average Bonchev–Trinajstić information content (AvgIpc) is 3.09. The maximum absolute atomic E-state index is 12.6. The van der Waals surface area contributed by atoms with E-state index in [9.17, 15) is 14.9 Å². The molecule has 0 spiro atoms. The first-order valence-corrected chi connectivity index (χ1v) is 9.38. The maximum Gasteiger partial charge on any atom is 0.322 e. The molecule has 0 aliphatic carbocycles. The van der Waals surface area contributed by atoms with Crippen molar-refractivity contribution in [3.05, 3.63) is 66.0 Å². The highest BCUT2D eigenvalue weighted by atomic mass is 79.9. The minimum atomic E-state index is -0.685. The number of rotatable bonds is 5. The van der Waals surface area contributed by atoms with Gasteiger partial charge in [-0.3, -0.25) is 24.3 Å². The highest BCUT2D eigenvalue weighted by Crippen LogP contribution is 2.27. The lowest BCUT2D eigenvalue weighted by Gasteiger charge is -2.04. The predicted octanol–water partition coefficient (Wildman–Crippen LogP) is 4.20. The summed E-state index contributed by atoms with van der Waals surface area (Å²) in [6.45, 7) is 1.85. The van der Waals surface area contributed by atoms with Crippen molar-refractivity contribution in [2.24, 2.45) is 7.05 Å². The molecular weight excluding hydrogens is 475 g/mol. The van der Waals surface area contributed by atoms with Gasteiger partial charge in [0.05, 0.1) is 26.0 Å². The number of carbonyl (C=O) groups excluding carboxylic acids is 1. The summed E-state index contributed by atoms with van der Waals surface area (Å²) in [5.41, 5.74) is 0.516. The molecule has 0 aliphatic heterocycles. The molecule has 0 saturated carbocycles. The minimum Gasteiger partial charge on any atom is -0.303 e. The Balaban J connectivity index is 1.83. The van der Waals surface area contributed by atoms with E-state index >= 15 is 0 Å². The summed E-state index contributed by atoms with van der Waals surface area (Å²) in [4.78, 5) is 23.2. The van der Waals surface area contributed by atoms with Crippen molar-refractivity contribution >= 4 is 56.5 Å². The molecule has 0 saturated heterocycles. The number of carbonyl (C=O) groups is 1. The number of aromatic nitrogens is 4. The molecule has 2 heterocycles. The van der Waals surface area contributed by atoms with Crippen LogP contribution in [0.25, 0.3) is 0 Å². The quantitative estimate of drug-likeness (QED) is 0.428. The Kier molecular flexibility index (Phi) is 5.73. The van der Waals surface area contributed by atoms with E-state index in [1.807, 2.05) is 6.07 Å². The van der Waals surface area contributed by atoms with E-state index in [4.69, 9.17) is 23.2 Å². The van der Waals surface area contributed by atoms with E-state index < -0.39 is 10.8 Å². The van der Waals surface area contributed by atoms with Gasteiger partial charge < -0.3 is 5.32 Å². The number of anilines is 1. The molecule has 3 rings (SSSR count). The van der Waals surface area contributed by atoms with Crippen molar-refractivity contribution < 1.29 is 9.72 Å². The fraction of sp³-hybridized carbons (Fsp3) is 0.188. The summed E-state index contributed by atoms with van der Waals surface area (Å²) in [6, 6.07) is 5.22. The van der Waals surface area contributed by atoms with Crippen molar-refractivity contribution in [1.82, 2.24) is 19.6 Å². The van der Waals surface area contributed by atoms with Gasteiger partial charge in [-0.2, -0.15) is 10.2 Å². The second kappa shape index (κ2) is 7.90.